The van der Waals surface area contributed by atoms with E-state index < -0.39 is 15.9 Å². The first-order valence-electron chi connectivity index (χ1n) is 9.11. The van der Waals surface area contributed by atoms with Crippen LogP contribution in [0.2, 0.25) is 5.02 Å². The fourth-order valence-electron chi connectivity index (χ4n) is 3.07. The molecule has 0 unspecified atom stereocenters. The molecule has 2 aromatic rings. The van der Waals surface area contributed by atoms with Gasteiger partial charge in [-0.3, -0.25) is 4.79 Å². The van der Waals surface area contributed by atoms with Gasteiger partial charge in [0.1, 0.15) is 0 Å². The highest BCUT2D eigenvalue weighted by Crippen LogP contribution is 2.26. The van der Waals surface area contributed by atoms with E-state index in [4.69, 9.17) is 16.3 Å². The minimum Gasteiger partial charge on any atom is -0.379 e. The fraction of sp³-hybridized carbons (Fsp3) is 0.350. The second kappa shape index (κ2) is 8.61. The maximum Gasteiger partial charge on any atom is 0.255 e. The van der Waals surface area contributed by atoms with Crippen LogP contribution in [0, 0.1) is 6.92 Å². The topological polar surface area (TPSA) is 75.7 Å². The van der Waals surface area contributed by atoms with Gasteiger partial charge in [0.05, 0.1) is 28.8 Å². The molecule has 1 N–H and O–H groups in total. The van der Waals surface area contributed by atoms with Crippen LogP contribution in [0.4, 0.5) is 5.69 Å². The molecule has 0 saturated carbocycles. The Morgan fingerprint density at radius 1 is 1.18 bits per heavy atom. The van der Waals surface area contributed by atoms with Gasteiger partial charge in [-0.2, -0.15) is 4.31 Å². The van der Waals surface area contributed by atoms with Crippen molar-refractivity contribution in [2.24, 2.45) is 0 Å². The molecule has 150 valence electrons. The molecule has 3 rings (SSSR count). The number of nitrogens with one attached hydrogen (secondary N) is 1. The molecular formula is C20H23ClN2O4S. The zero-order chi connectivity index (χ0) is 20.3. The number of anilines is 1. The summed E-state index contributed by atoms with van der Waals surface area (Å²) in [5.74, 6) is -0.410. The molecule has 0 aromatic heterocycles. The highest BCUT2D eigenvalue weighted by Gasteiger charge is 2.29. The van der Waals surface area contributed by atoms with E-state index in [9.17, 15) is 13.2 Å². The molecule has 0 spiro atoms. The van der Waals surface area contributed by atoms with Gasteiger partial charge in [-0.25, -0.2) is 8.42 Å². The SMILES string of the molecule is CCc1ccc(C(=O)Nc2ccc(C)cc2Cl)cc1S(=O)(=O)N1CCOCC1. The van der Waals surface area contributed by atoms with E-state index in [0.717, 1.165) is 5.56 Å². The van der Waals surface area contributed by atoms with Crippen LogP contribution >= 0.6 is 11.6 Å². The van der Waals surface area contributed by atoms with Gasteiger partial charge < -0.3 is 10.1 Å². The lowest BCUT2D eigenvalue weighted by atomic mass is 10.1. The number of amides is 1. The molecule has 28 heavy (non-hydrogen) atoms. The predicted octanol–water partition coefficient (Wildman–Crippen LogP) is 3.48. The summed E-state index contributed by atoms with van der Waals surface area (Å²) in [6, 6.07) is 10.1. The molecule has 0 aliphatic carbocycles. The van der Waals surface area contributed by atoms with Gasteiger partial charge in [0.25, 0.3) is 5.91 Å². The van der Waals surface area contributed by atoms with Crippen molar-refractivity contribution in [3.05, 3.63) is 58.1 Å². The number of ether oxygens (including phenoxy) is 1. The number of hydrogen-bond donors (Lipinski definition) is 1. The lowest BCUT2D eigenvalue weighted by Gasteiger charge is -2.27. The van der Waals surface area contributed by atoms with Crippen LogP contribution in [0.5, 0.6) is 0 Å². The van der Waals surface area contributed by atoms with E-state index in [-0.39, 0.29) is 10.5 Å². The Hall–Kier alpha value is -1.93. The van der Waals surface area contributed by atoms with Crippen molar-refractivity contribution in [1.82, 2.24) is 4.31 Å². The molecule has 0 radical (unpaired) electrons. The van der Waals surface area contributed by atoms with Gasteiger partial charge in [0.15, 0.2) is 0 Å². The molecule has 2 aromatic carbocycles. The second-order valence-electron chi connectivity index (χ2n) is 6.63. The van der Waals surface area contributed by atoms with Crippen molar-refractivity contribution < 1.29 is 17.9 Å². The van der Waals surface area contributed by atoms with E-state index >= 15 is 0 Å². The Morgan fingerprint density at radius 3 is 2.54 bits per heavy atom. The molecule has 1 aliphatic heterocycles. The Bertz CT molecular complexity index is 986. The smallest absolute Gasteiger partial charge is 0.255 e. The minimum absolute atomic E-state index is 0.166. The number of rotatable bonds is 5. The number of hydrogen-bond acceptors (Lipinski definition) is 4. The van der Waals surface area contributed by atoms with Crippen LogP contribution in [-0.4, -0.2) is 44.9 Å². The molecule has 1 aliphatic rings. The Morgan fingerprint density at radius 2 is 1.89 bits per heavy atom. The molecular weight excluding hydrogens is 400 g/mol. The summed E-state index contributed by atoms with van der Waals surface area (Å²) in [4.78, 5) is 12.9. The van der Waals surface area contributed by atoms with E-state index in [0.29, 0.717) is 49.0 Å². The van der Waals surface area contributed by atoms with Crippen LogP contribution in [0.1, 0.15) is 28.4 Å². The number of nitrogens with zero attached hydrogens (tertiary/aromatic N) is 1. The molecule has 1 saturated heterocycles. The van der Waals surface area contributed by atoms with Crippen molar-refractivity contribution in [3.8, 4) is 0 Å². The maximum atomic E-state index is 13.1. The average molecular weight is 423 g/mol. The van der Waals surface area contributed by atoms with Gasteiger partial charge in [-0.15, -0.1) is 0 Å². The Kier molecular flexibility index (Phi) is 6.40. The maximum absolute atomic E-state index is 13.1. The fourth-order valence-corrected chi connectivity index (χ4v) is 5.08. The molecule has 1 amide bonds. The Labute approximate surface area is 170 Å². The summed E-state index contributed by atoms with van der Waals surface area (Å²) in [6.45, 7) is 5.14. The van der Waals surface area contributed by atoms with Crippen molar-refractivity contribution in [1.29, 1.82) is 0 Å². The quantitative estimate of drug-likeness (QED) is 0.800. The van der Waals surface area contributed by atoms with Gasteiger partial charge in [0, 0.05) is 18.7 Å². The molecule has 1 fully saturated rings. The number of carbonyl (C=O) groups is 1. The van der Waals surface area contributed by atoms with Crippen molar-refractivity contribution in [3.63, 3.8) is 0 Å². The standard InChI is InChI=1S/C20H23ClN2O4S/c1-3-15-5-6-16(20(24)22-18-7-4-14(2)12-17(18)21)13-19(15)28(25,26)23-8-10-27-11-9-23/h4-7,12-13H,3,8-11H2,1-2H3,(H,22,24). The normalized spacial score (nSPS) is 15.4. The molecule has 0 atom stereocenters. The summed E-state index contributed by atoms with van der Waals surface area (Å²) in [7, 11) is -3.70. The molecule has 8 heteroatoms. The number of carbonyl (C=O) groups excluding carboxylic acids is 1. The largest absolute Gasteiger partial charge is 0.379 e. The van der Waals surface area contributed by atoms with Crippen LogP contribution in [0.15, 0.2) is 41.3 Å². The zero-order valence-electron chi connectivity index (χ0n) is 15.9. The molecule has 1 heterocycles. The van der Waals surface area contributed by atoms with Crippen molar-refractivity contribution in [2.75, 3.05) is 31.6 Å². The van der Waals surface area contributed by atoms with Gasteiger partial charge in [-0.05, 0) is 48.7 Å². The number of morpholine rings is 1. The van der Waals surface area contributed by atoms with Crippen LogP contribution < -0.4 is 5.32 Å². The third kappa shape index (κ3) is 4.38. The molecule has 0 bridgehead atoms. The average Bonchev–Trinajstić information content (AvgIpc) is 2.70. The van der Waals surface area contributed by atoms with E-state index in [2.05, 4.69) is 5.32 Å². The summed E-state index contributed by atoms with van der Waals surface area (Å²) in [5.41, 5.74) is 2.40. The number of sulfonamides is 1. The summed E-state index contributed by atoms with van der Waals surface area (Å²) < 4.78 is 32.9. The summed E-state index contributed by atoms with van der Waals surface area (Å²) in [5, 5.41) is 3.18. The summed E-state index contributed by atoms with van der Waals surface area (Å²) in [6.07, 6.45) is 0.546. The van der Waals surface area contributed by atoms with Crippen molar-refractivity contribution in [2.45, 2.75) is 25.2 Å². The lowest BCUT2D eigenvalue weighted by Crippen LogP contribution is -2.41. The lowest BCUT2D eigenvalue weighted by molar-refractivity contribution is 0.0730. The van der Waals surface area contributed by atoms with Gasteiger partial charge in [0.2, 0.25) is 10.0 Å². The van der Waals surface area contributed by atoms with Gasteiger partial charge >= 0.3 is 0 Å². The van der Waals surface area contributed by atoms with Crippen molar-refractivity contribution >= 4 is 33.2 Å². The van der Waals surface area contributed by atoms with E-state index in [1.807, 2.05) is 19.9 Å². The number of benzene rings is 2. The van der Waals surface area contributed by atoms with Gasteiger partial charge in [-0.1, -0.05) is 30.7 Å². The Balaban J connectivity index is 1.92. The minimum atomic E-state index is -3.70. The third-order valence-electron chi connectivity index (χ3n) is 4.67. The summed E-state index contributed by atoms with van der Waals surface area (Å²) >= 11 is 6.19. The highest BCUT2D eigenvalue weighted by atomic mass is 35.5. The second-order valence-corrected chi connectivity index (χ2v) is 8.94. The number of aryl methyl sites for hydroxylation is 2. The van der Waals surface area contributed by atoms with E-state index in [1.165, 1.54) is 10.4 Å². The molecule has 6 nitrogen and oxygen atoms in total. The first kappa shape index (κ1) is 20.8. The first-order valence-corrected chi connectivity index (χ1v) is 10.9. The first-order chi connectivity index (χ1) is 13.3. The van der Waals surface area contributed by atoms with Crippen LogP contribution in [0.3, 0.4) is 0 Å². The third-order valence-corrected chi connectivity index (χ3v) is 6.96. The predicted molar refractivity (Wildman–Crippen MR) is 110 cm³/mol. The monoisotopic (exact) mass is 422 g/mol. The zero-order valence-corrected chi connectivity index (χ0v) is 17.4. The van der Waals surface area contributed by atoms with Crippen LogP contribution in [0.25, 0.3) is 0 Å². The highest BCUT2D eigenvalue weighted by molar-refractivity contribution is 7.89. The number of halogens is 1. The van der Waals surface area contributed by atoms with E-state index in [1.54, 1.807) is 24.3 Å². The van der Waals surface area contributed by atoms with Crippen LogP contribution in [-0.2, 0) is 21.2 Å².